The van der Waals surface area contributed by atoms with Gasteiger partial charge >= 0.3 is 0 Å². The third kappa shape index (κ3) is 1.24. The van der Waals surface area contributed by atoms with Crippen LogP contribution in [0, 0.1) is 0 Å². The Hall–Kier alpha value is -1.25. The summed E-state index contributed by atoms with van der Waals surface area (Å²) >= 11 is 0. The predicted molar refractivity (Wildman–Crippen MR) is 50.2 cm³/mol. The first-order valence-corrected chi connectivity index (χ1v) is 4.62. The van der Waals surface area contributed by atoms with Crippen LogP contribution in [0.25, 0.3) is 0 Å². The second-order valence-electron chi connectivity index (χ2n) is 3.51. The van der Waals surface area contributed by atoms with Crippen molar-refractivity contribution in [3.05, 3.63) is 24.0 Å². The summed E-state index contributed by atoms with van der Waals surface area (Å²) in [7, 11) is 0. The van der Waals surface area contributed by atoms with E-state index >= 15 is 0 Å². The van der Waals surface area contributed by atoms with Gasteiger partial charge in [-0.25, -0.2) is 0 Å². The normalized spacial score (nSPS) is 21.4. The molecule has 1 aliphatic rings. The van der Waals surface area contributed by atoms with Crippen molar-refractivity contribution in [3.63, 3.8) is 0 Å². The summed E-state index contributed by atoms with van der Waals surface area (Å²) in [5, 5.41) is 0. The highest BCUT2D eigenvalue weighted by molar-refractivity contribution is 5.73. The molecule has 1 atom stereocenters. The summed E-state index contributed by atoms with van der Waals surface area (Å²) in [6.45, 7) is 5.46. The Balaban J connectivity index is 2.32. The number of nitrogens with zero attached hydrogens (tertiary/aromatic N) is 2. The van der Waals surface area contributed by atoms with Crippen LogP contribution in [0.5, 0.6) is 0 Å². The second kappa shape index (κ2) is 2.91. The molecule has 0 saturated heterocycles. The Morgan fingerprint density at radius 1 is 1.54 bits per heavy atom. The van der Waals surface area contributed by atoms with Gasteiger partial charge < -0.3 is 9.47 Å². The molecular weight excluding hydrogens is 164 g/mol. The fourth-order valence-electron chi connectivity index (χ4n) is 2.01. The fourth-order valence-corrected chi connectivity index (χ4v) is 2.01. The van der Waals surface area contributed by atoms with E-state index in [0.29, 0.717) is 0 Å². The van der Waals surface area contributed by atoms with Crippen molar-refractivity contribution in [1.29, 1.82) is 0 Å². The summed E-state index contributed by atoms with van der Waals surface area (Å²) in [5.74, 6) is 0.167. The SMILES string of the molecule is CC(=O)N1CCn2cccc2C1C. The highest BCUT2D eigenvalue weighted by atomic mass is 16.2. The molecular formula is C10H14N2O. The lowest BCUT2D eigenvalue weighted by Crippen LogP contribution is -2.39. The van der Waals surface area contributed by atoms with Gasteiger partial charge in [0, 0.05) is 31.9 Å². The van der Waals surface area contributed by atoms with E-state index in [1.54, 1.807) is 6.92 Å². The number of carbonyl (C=O) groups is 1. The Labute approximate surface area is 78.0 Å². The predicted octanol–water partition coefficient (Wildman–Crippen LogP) is 1.41. The molecule has 2 rings (SSSR count). The van der Waals surface area contributed by atoms with Crippen molar-refractivity contribution in [2.45, 2.75) is 26.4 Å². The van der Waals surface area contributed by atoms with Gasteiger partial charge in [-0.3, -0.25) is 4.79 Å². The molecule has 1 aliphatic heterocycles. The Kier molecular flexibility index (Phi) is 1.87. The van der Waals surface area contributed by atoms with Crippen LogP contribution in [-0.4, -0.2) is 21.9 Å². The van der Waals surface area contributed by atoms with E-state index in [1.807, 2.05) is 11.0 Å². The minimum Gasteiger partial charge on any atom is -0.348 e. The Morgan fingerprint density at radius 3 is 3.00 bits per heavy atom. The van der Waals surface area contributed by atoms with E-state index in [9.17, 15) is 4.79 Å². The van der Waals surface area contributed by atoms with Crippen LogP contribution < -0.4 is 0 Å². The Bertz CT molecular complexity index is 329. The van der Waals surface area contributed by atoms with Gasteiger partial charge in [-0.2, -0.15) is 0 Å². The fraction of sp³-hybridized carbons (Fsp3) is 0.500. The topological polar surface area (TPSA) is 25.2 Å². The largest absolute Gasteiger partial charge is 0.348 e. The molecule has 0 bridgehead atoms. The second-order valence-corrected chi connectivity index (χ2v) is 3.51. The van der Waals surface area contributed by atoms with E-state index < -0.39 is 0 Å². The van der Waals surface area contributed by atoms with Crippen LogP contribution in [0.4, 0.5) is 0 Å². The molecule has 3 nitrogen and oxygen atoms in total. The standard InChI is InChI=1S/C10H14N2O/c1-8-10-4-3-5-11(10)6-7-12(8)9(2)13/h3-5,8H,6-7H2,1-2H3. The first kappa shape index (κ1) is 8.35. The van der Waals surface area contributed by atoms with E-state index in [2.05, 4.69) is 23.8 Å². The first-order valence-electron chi connectivity index (χ1n) is 4.62. The molecule has 3 heteroatoms. The number of amides is 1. The minimum absolute atomic E-state index is 0.167. The molecule has 0 aromatic carbocycles. The van der Waals surface area contributed by atoms with E-state index in [1.165, 1.54) is 5.69 Å². The summed E-state index contributed by atoms with van der Waals surface area (Å²) in [6.07, 6.45) is 2.07. The smallest absolute Gasteiger partial charge is 0.220 e. The van der Waals surface area contributed by atoms with Crippen molar-refractivity contribution >= 4 is 5.91 Å². The van der Waals surface area contributed by atoms with Gasteiger partial charge in [0.2, 0.25) is 5.91 Å². The molecule has 1 amide bonds. The van der Waals surface area contributed by atoms with Gasteiger partial charge in [-0.15, -0.1) is 0 Å². The number of hydrogen-bond acceptors (Lipinski definition) is 1. The molecule has 0 saturated carbocycles. The van der Waals surface area contributed by atoms with E-state index in [-0.39, 0.29) is 11.9 Å². The number of aromatic nitrogens is 1. The van der Waals surface area contributed by atoms with Crippen LogP contribution in [0.2, 0.25) is 0 Å². The van der Waals surface area contributed by atoms with Crippen LogP contribution >= 0.6 is 0 Å². The zero-order chi connectivity index (χ0) is 9.42. The van der Waals surface area contributed by atoms with Crippen LogP contribution in [0.1, 0.15) is 25.6 Å². The van der Waals surface area contributed by atoms with Gasteiger partial charge in [0.1, 0.15) is 0 Å². The van der Waals surface area contributed by atoms with Crippen molar-refractivity contribution < 1.29 is 4.79 Å². The molecule has 0 aliphatic carbocycles. The Morgan fingerprint density at radius 2 is 2.31 bits per heavy atom. The summed E-state index contributed by atoms with van der Waals surface area (Å²) in [4.78, 5) is 13.2. The van der Waals surface area contributed by atoms with Crippen molar-refractivity contribution in [2.24, 2.45) is 0 Å². The van der Waals surface area contributed by atoms with Crippen molar-refractivity contribution in [3.8, 4) is 0 Å². The monoisotopic (exact) mass is 178 g/mol. The molecule has 1 aromatic rings. The molecule has 2 heterocycles. The first-order chi connectivity index (χ1) is 6.20. The minimum atomic E-state index is 0.167. The third-order valence-electron chi connectivity index (χ3n) is 2.75. The molecule has 1 aromatic heterocycles. The average Bonchev–Trinajstić information content (AvgIpc) is 2.52. The van der Waals surface area contributed by atoms with Crippen LogP contribution in [0.3, 0.4) is 0 Å². The quantitative estimate of drug-likeness (QED) is 0.589. The van der Waals surface area contributed by atoms with Gasteiger partial charge in [-0.05, 0) is 19.1 Å². The number of hydrogen-bond donors (Lipinski definition) is 0. The lowest BCUT2D eigenvalue weighted by Gasteiger charge is -2.34. The molecule has 0 N–H and O–H groups in total. The van der Waals surface area contributed by atoms with Crippen molar-refractivity contribution in [2.75, 3.05) is 6.54 Å². The summed E-state index contributed by atoms with van der Waals surface area (Å²) in [6, 6.07) is 4.34. The van der Waals surface area contributed by atoms with Crippen LogP contribution in [0.15, 0.2) is 18.3 Å². The van der Waals surface area contributed by atoms with Gasteiger partial charge in [0.05, 0.1) is 6.04 Å². The number of rotatable bonds is 0. The van der Waals surface area contributed by atoms with Gasteiger partial charge in [-0.1, -0.05) is 0 Å². The third-order valence-corrected chi connectivity index (χ3v) is 2.75. The lowest BCUT2D eigenvalue weighted by molar-refractivity contribution is -0.131. The zero-order valence-electron chi connectivity index (χ0n) is 8.03. The highest BCUT2D eigenvalue weighted by Crippen LogP contribution is 2.24. The molecule has 0 radical (unpaired) electrons. The number of fused-ring (bicyclic) bond motifs is 1. The summed E-state index contributed by atoms with van der Waals surface area (Å²) in [5.41, 5.74) is 1.24. The molecule has 0 fully saturated rings. The average molecular weight is 178 g/mol. The van der Waals surface area contributed by atoms with E-state index in [0.717, 1.165) is 13.1 Å². The van der Waals surface area contributed by atoms with Crippen LogP contribution in [-0.2, 0) is 11.3 Å². The zero-order valence-corrected chi connectivity index (χ0v) is 8.03. The molecule has 70 valence electrons. The maximum atomic E-state index is 11.3. The molecule has 13 heavy (non-hydrogen) atoms. The highest BCUT2D eigenvalue weighted by Gasteiger charge is 2.24. The molecule has 1 unspecified atom stereocenters. The lowest BCUT2D eigenvalue weighted by atomic mass is 10.1. The molecule has 0 spiro atoms. The van der Waals surface area contributed by atoms with E-state index in [4.69, 9.17) is 0 Å². The van der Waals surface area contributed by atoms with Gasteiger partial charge in [0.15, 0.2) is 0 Å². The summed E-state index contributed by atoms with van der Waals surface area (Å²) < 4.78 is 2.21. The maximum Gasteiger partial charge on any atom is 0.220 e. The van der Waals surface area contributed by atoms with Crippen molar-refractivity contribution in [1.82, 2.24) is 9.47 Å². The van der Waals surface area contributed by atoms with Gasteiger partial charge in [0.25, 0.3) is 0 Å². The number of carbonyl (C=O) groups excluding carboxylic acids is 1. The maximum absolute atomic E-state index is 11.3.